The number of esters is 1. The highest BCUT2D eigenvalue weighted by molar-refractivity contribution is 7.12. The smallest absolute Gasteiger partial charge is 0.329 e. The van der Waals surface area contributed by atoms with Gasteiger partial charge in [-0.25, -0.2) is 9.78 Å². The zero-order valence-electron chi connectivity index (χ0n) is 15.1. The summed E-state index contributed by atoms with van der Waals surface area (Å²) in [6.07, 6.45) is 0. The fourth-order valence-corrected chi connectivity index (χ4v) is 3.69. The average molecular weight is 406 g/mol. The SMILES string of the molecule is Cc1csc([C@H](C#N)C(=O)COC(=O)[C@@H](NC(=O)c2cccs2)C(C)C)n1. The molecule has 27 heavy (non-hydrogen) atoms. The number of carbonyl (C=O) groups is 3. The quantitative estimate of drug-likeness (QED) is 0.676. The first-order valence-corrected chi connectivity index (χ1v) is 9.94. The van der Waals surface area contributed by atoms with E-state index < -0.39 is 30.3 Å². The number of aromatic nitrogens is 1. The third-order valence-electron chi connectivity index (χ3n) is 3.64. The van der Waals surface area contributed by atoms with E-state index in [1.54, 1.807) is 43.7 Å². The molecule has 7 nitrogen and oxygen atoms in total. The molecule has 0 bridgehead atoms. The number of ether oxygens (including phenoxy) is 1. The second-order valence-corrected chi connectivity index (χ2v) is 7.97. The first kappa shape index (κ1) is 20.7. The summed E-state index contributed by atoms with van der Waals surface area (Å²) in [5.41, 5.74) is 0.719. The van der Waals surface area contributed by atoms with E-state index >= 15 is 0 Å². The minimum atomic E-state index is -1.07. The molecular formula is C18H19N3O4S2. The molecule has 0 spiro atoms. The zero-order chi connectivity index (χ0) is 20.0. The van der Waals surface area contributed by atoms with Crippen molar-refractivity contribution in [2.24, 2.45) is 5.92 Å². The molecule has 2 rings (SSSR count). The summed E-state index contributed by atoms with van der Waals surface area (Å²) < 4.78 is 5.08. The Bertz CT molecular complexity index is 852. The molecule has 142 valence electrons. The summed E-state index contributed by atoms with van der Waals surface area (Å²) in [6, 6.07) is 4.40. The minimum Gasteiger partial charge on any atom is -0.456 e. The van der Waals surface area contributed by atoms with Crippen molar-refractivity contribution < 1.29 is 19.1 Å². The van der Waals surface area contributed by atoms with Gasteiger partial charge in [0.25, 0.3) is 5.91 Å². The Kier molecular flexibility index (Phi) is 7.21. The lowest BCUT2D eigenvalue weighted by molar-refractivity contribution is -0.151. The lowest BCUT2D eigenvalue weighted by Gasteiger charge is -2.20. The molecule has 0 saturated carbocycles. The number of rotatable bonds is 8. The number of nitrogens with zero attached hydrogens (tertiary/aromatic N) is 2. The second-order valence-electron chi connectivity index (χ2n) is 6.14. The second kappa shape index (κ2) is 9.39. The Labute approximate surface area is 165 Å². The molecule has 0 saturated heterocycles. The highest BCUT2D eigenvalue weighted by Gasteiger charge is 2.29. The van der Waals surface area contributed by atoms with E-state index in [0.29, 0.717) is 9.88 Å². The van der Waals surface area contributed by atoms with Crippen molar-refractivity contribution in [3.63, 3.8) is 0 Å². The summed E-state index contributed by atoms with van der Waals surface area (Å²) >= 11 is 2.47. The van der Waals surface area contributed by atoms with Crippen LogP contribution in [0.3, 0.4) is 0 Å². The molecule has 2 heterocycles. The van der Waals surface area contributed by atoms with E-state index in [2.05, 4.69) is 10.3 Å². The summed E-state index contributed by atoms with van der Waals surface area (Å²) in [4.78, 5) is 41.4. The zero-order valence-corrected chi connectivity index (χ0v) is 16.7. The van der Waals surface area contributed by atoms with Gasteiger partial charge in [-0.15, -0.1) is 22.7 Å². The van der Waals surface area contributed by atoms with Crippen LogP contribution >= 0.6 is 22.7 Å². The number of carbonyl (C=O) groups excluding carboxylic acids is 3. The minimum absolute atomic E-state index is 0.232. The van der Waals surface area contributed by atoms with Gasteiger partial charge in [-0.2, -0.15) is 5.26 Å². The number of hydrogen-bond acceptors (Lipinski definition) is 8. The Morgan fingerprint density at radius 3 is 2.59 bits per heavy atom. The Morgan fingerprint density at radius 2 is 2.07 bits per heavy atom. The normalized spacial score (nSPS) is 12.9. The third kappa shape index (κ3) is 5.45. The van der Waals surface area contributed by atoms with Gasteiger partial charge in [0.05, 0.1) is 10.9 Å². The van der Waals surface area contributed by atoms with Crippen LogP contribution in [0.15, 0.2) is 22.9 Å². The van der Waals surface area contributed by atoms with Gasteiger partial charge in [-0.3, -0.25) is 9.59 Å². The number of hydrogen-bond donors (Lipinski definition) is 1. The van der Waals surface area contributed by atoms with Crippen LogP contribution in [0.5, 0.6) is 0 Å². The van der Waals surface area contributed by atoms with Gasteiger partial charge >= 0.3 is 5.97 Å². The molecule has 0 unspecified atom stereocenters. The van der Waals surface area contributed by atoms with Crippen LogP contribution in [0.2, 0.25) is 0 Å². The molecule has 0 radical (unpaired) electrons. The molecule has 1 amide bonds. The molecule has 0 fully saturated rings. The number of Topliss-reactive ketones (excluding diaryl/α,β-unsaturated/α-hetero) is 1. The first-order valence-electron chi connectivity index (χ1n) is 8.18. The Hall–Kier alpha value is -2.57. The van der Waals surface area contributed by atoms with Crippen LogP contribution < -0.4 is 5.32 Å². The van der Waals surface area contributed by atoms with Crippen molar-refractivity contribution in [1.82, 2.24) is 10.3 Å². The van der Waals surface area contributed by atoms with E-state index in [1.807, 2.05) is 6.07 Å². The lowest BCUT2D eigenvalue weighted by atomic mass is 10.0. The maximum absolute atomic E-state index is 12.4. The maximum atomic E-state index is 12.4. The van der Waals surface area contributed by atoms with Crippen LogP contribution in [-0.2, 0) is 14.3 Å². The number of aryl methyl sites for hydroxylation is 1. The number of thiazole rings is 1. The topological polar surface area (TPSA) is 109 Å². The van der Waals surface area contributed by atoms with Crippen LogP contribution in [0.4, 0.5) is 0 Å². The molecule has 2 atom stereocenters. The van der Waals surface area contributed by atoms with E-state index in [9.17, 15) is 19.6 Å². The van der Waals surface area contributed by atoms with Crippen LogP contribution in [0.25, 0.3) is 0 Å². The van der Waals surface area contributed by atoms with Crippen molar-refractivity contribution in [3.05, 3.63) is 38.5 Å². The van der Waals surface area contributed by atoms with Gasteiger partial charge in [-0.1, -0.05) is 19.9 Å². The van der Waals surface area contributed by atoms with Crippen LogP contribution in [0, 0.1) is 24.2 Å². The molecule has 0 aromatic carbocycles. The maximum Gasteiger partial charge on any atom is 0.329 e. The van der Waals surface area contributed by atoms with E-state index in [1.165, 1.54) is 22.7 Å². The Balaban J connectivity index is 1.97. The van der Waals surface area contributed by atoms with Gasteiger partial charge in [0.2, 0.25) is 0 Å². The number of nitrogens with one attached hydrogen (secondary N) is 1. The molecule has 1 N–H and O–H groups in total. The van der Waals surface area contributed by atoms with Gasteiger partial charge in [0, 0.05) is 11.1 Å². The van der Waals surface area contributed by atoms with E-state index in [-0.39, 0.29) is 11.8 Å². The summed E-state index contributed by atoms with van der Waals surface area (Å²) in [7, 11) is 0. The van der Waals surface area contributed by atoms with Crippen molar-refractivity contribution in [2.45, 2.75) is 32.7 Å². The fourth-order valence-electron chi connectivity index (χ4n) is 2.20. The highest BCUT2D eigenvalue weighted by Crippen LogP contribution is 2.21. The van der Waals surface area contributed by atoms with Crippen molar-refractivity contribution in [1.29, 1.82) is 5.26 Å². The lowest BCUT2D eigenvalue weighted by Crippen LogP contribution is -2.45. The molecule has 0 aliphatic carbocycles. The fraction of sp³-hybridized carbons (Fsp3) is 0.389. The number of thiophene rings is 1. The van der Waals surface area contributed by atoms with Gasteiger partial charge < -0.3 is 10.1 Å². The van der Waals surface area contributed by atoms with Crippen molar-refractivity contribution >= 4 is 40.3 Å². The largest absolute Gasteiger partial charge is 0.456 e. The van der Waals surface area contributed by atoms with Gasteiger partial charge in [0.1, 0.15) is 11.0 Å². The molecule has 0 aliphatic heterocycles. The number of amides is 1. The molecule has 2 aromatic rings. The predicted octanol–water partition coefficient (Wildman–Crippen LogP) is 2.69. The highest BCUT2D eigenvalue weighted by atomic mass is 32.1. The number of nitriles is 1. The van der Waals surface area contributed by atoms with Crippen molar-refractivity contribution in [2.75, 3.05) is 6.61 Å². The first-order chi connectivity index (χ1) is 12.8. The number of ketones is 1. The van der Waals surface area contributed by atoms with Crippen LogP contribution in [-0.4, -0.2) is 35.3 Å². The molecule has 2 aromatic heterocycles. The average Bonchev–Trinajstić information content (AvgIpc) is 3.30. The van der Waals surface area contributed by atoms with E-state index in [4.69, 9.17) is 4.74 Å². The summed E-state index contributed by atoms with van der Waals surface area (Å²) in [5, 5.41) is 15.8. The monoisotopic (exact) mass is 405 g/mol. The Morgan fingerprint density at radius 1 is 1.33 bits per heavy atom. The third-order valence-corrected chi connectivity index (χ3v) is 5.54. The van der Waals surface area contributed by atoms with Gasteiger partial charge in [0.15, 0.2) is 18.3 Å². The predicted molar refractivity (Wildman–Crippen MR) is 102 cm³/mol. The summed E-state index contributed by atoms with van der Waals surface area (Å²) in [6.45, 7) is 4.74. The molecule has 0 aliphatic rings. The standard InChI is InChI=1S/C18H19N3O4S2/c1-10(2)15(21-16(23)14-5-4-6-26-14)18(24)25-8-13(22)12(7-19)17-20-11(3)9-27-17/h4-6,9-10,12,15H,8H2,1-3H3,(H,21,23)/t12-,15+/m1/s1. The van der Waals surface area contributed by atoms with Crippen LogP contribution in [0.1, 0.15) is 40.1 Å². The van der Waals surface area contributed by atoms with Gasteiger partial charge in [-0.05, 0) is 24.3 Å². The van der Waals surface area contributed by atoms with E-state index in [0.717, 1.165) is 5.69 Å². The van der Waals surface area contributed by atoms with Crippen molar-refractivity contribution in [3.8, 4) is 6.07 Å². The summed E-state index contributed by atoms with van der Waals surface area (Å²) in [5.74, 6) is -2.94. The molecule has 9 heteroatoms. The molecular weight excluding hydrogens is 386 g/mol.